The van der Waals surface area contributed by atoms with Crippen LogP contribution in [0.4, 0.5) is 24.5 Å². The fourth-order valence-electron chi connectivity index (χ4n) is 2.93. The van der Waals surface area contributed by atoms with Crippen LogP contribution in [0.3, 0.4) is 0 Å². The Morgan fingerprint density at radius 1 is 1.10 bits per heavy atom. The first-order valence-corrected chi connectivity index (χ1v) is 9.38. The van der Waals surface area contributed by atoms with Crippen LogP contribution in [0, 0.1) is 6.92 Å². The fraction of sp³-hybridized carbons (Fsp3) is 0.300. The molecule has 1 saturated heterocycles. The highest BCUT2D eigenvalue weighted by molar-refractivity contribution is 7.80. The molecule has 3 rings (SSSR count). The summed E-state index contributed by atoms with van der Waals surface area (Å²) >= 11 is 5.17. The number of hydrogen-bond acceptors (Lipinski definition) is 4. The van der Waals surface area contributed by atoms with E-state index < -0.39 is 17.6 Å². The van der Waals surface area contributed by atoms with Gasteiger partial charge in [-0.3, -0.25) is 10.1 Å². The third-order valence-corrected chi connectivity index (χ3v) is 4.67. The molecule has 1 aliphatic rings. The van der Waals surface area contributed by atoms with Crippen molar-refractivity contribution < 1.29 is 22.7 Å². The standard InChI is InChI=1S/C20H20F3N3O2S/c1-13-2-4-14(5-3-13)18(27)25-19(29)24-16-12-15(20(21,22)23)6-7-17(16)26-8-10-28-11-9-26/h2-7,12H,8-11H2,1H3,(H2,24,25,27,29). The molecule has 0 atom stereocenters. The van der Waals surface area contributed by atoms with Crippen LogP contribution in [0.25, 0.3) is 0 Å². The number of halogens is 3. The number of rotatable bonds is 3. The van der Waals surface area contributed by atoms with E-state index in [4.69, 9.17) is 17.0 Å². The highest BCUT2D eigenvalue weighted by atomic mass is 32.1. The predicted molar refractivity (Wildman–Crippen MR) is 109 cm³/mol. The summed E-state index contributed by atoms with van der Waals surface area (Å²) in [5.74, 6) is -0.442. The number of amides is 1. The molecule has 29 heavy (non-hydrogen) atoms. The van der Waals surface area contributed by atoms with Crippen LogP contribution in [0.1, 0.15) is 21.5 Å². The van der Waals surface area contributed by atoms with Crippen LogP contribution in [0.2, 0.25) is 0 Å². The first-order valence-electron chi connectivity index (χ1n) is 8.97. The van der Waals surface area contributed by atoms with E-state index in [1.807, 2.05) is 11.8 Å². The summed E-state index contributed by atoms with van der Waals surface area (Å²) in [5, 5.41) is 5.18. The van der Waals surface area contributed by atoms with E-state index in [1.54, 1.807) is 24.3 Å². The molecular formula is C20H20F3N3O2S. The Balaban J connectivity index is 1.80. The number of hydrogen-bond donors (Lipinski definition) is 2. The molecule has 2 aromatic rings. The van der Waals surface area contributed by atoms with Crippen molar-refractivity contribution in [1.82, 2.24) is 5.32 Å². The number of alkyl halides is 3. The largest absolute Gasteiger partial charge is 0.416 e. The topological polar surface area (TPSA) is 53.6 Å². The monoisotopic (exact) mass is 423 g/mol. The average molecular weight is 423 g/mol. The van der Waals surface area contributed by atoms with Gasteiger partial charge in [-0.2, -0.15) is 13.2 Å². The van der Waals surface area contributed by atoms with Crippen molar-refractivity contribution >= 4 is 34.6 Å². The zero-order valence-corrected chi connectivity index (χ0v) is 16.5. The first-order chi connectivity index (χ1) is 13.7. The lowest BCUT2D eigenvalue weighted by Gasteiger charge is -2.31. The van der Waals surface area contributed by atoms with Crippen molar-refractivity contribution in [2.75, 3.05) is 36.5 Å². The van der Waals surface area contributed by atoms with Crippen molar-refractivity contribution in [2.45, 2.75) is 13.1 Å². The fourth-order valence-corrected chi connectivity index (χ4v) is 3.13. The molecule has 2 N–H and O–H groups in total. The van der Waals surface area contributed by atoms with Crippen molar-refractivity contribution in [1.29, 1.82) is 0 Å². The van der Waals surface area contributed by atoms with Gasteiger partial charge in [0, 0.05) is 18.7 Å². The number of anilines is 2. The molecule has 2 aromatic carbocycles. The van der Waals surface area contributed by atoms with Crippen molar-refractivity contribution in [3.05, 3.63) is 59.2 Å². The van der Waals surface area contributed by atoms with Gasteiger partial charge in [-0.05, 0) is 49.5 Å². The summed E-state index contributed by atoms with van der Waals surface area (Å²) in [6.07, 6.45) is -4.49. The van der Waals surface area contributed by atoms with Gasteiger partial charge in [-0.25, -0.2) is 0 Å². The van der Waals surface area contributed by atoms with Crippen LogP contribution in [0.15, 0.2) is 42.5 Å². The number of carbonyl (C=O) groups is 1. The van der Waals surface area contributed by atoms with Gasteiger partial charge < -0.3 is 15.0 Å². The summed E-state index contributed by atoms with van der Waals surface area (Å²) in [6, 6.07) is 10.3. The number of benzene rings is 2. The average Bonchev–Trinajstić information content (AvgIpc) is 2.68. The Morgan fingerprint density at radius 3 is 2.38 bits per heavy atom. The molecule has 154 valence electrons. The molecule has 0 spiro atoms. The highest BCUT2D eigenvalue weighted by Gasteiger charge is 2.31. The summed E-state index contributed by atoms with van der Waals surface area (Å²) < 4.78 is 44.8. The summed E-state index contributed by atoms with van der Waals surface area (Å²) in [7, 11) is 0. The molecule has 0 saturated carbocycles. The molecule has 1 fully saturated rings. The van der Waals surface area contributed by atoms with Crippen molar-refractivity contribution in [3.63, 3.8) is 0 Å². The molecule has 1 heterocycles. The van der Waals surface area contributed by atoms with Gasteiger partial charge in [0.05, 0.1) is 30.2 Å². The molecule has 0 aromatic heterocycles. The number of morpholine rings is 1. The van der Waals surface area contributed by atoms with Gasteiger partial charge in [0.25, 0.3) is 5.91 Å². The Labute approximate surface area is 171 Å². The minimum Gasteiger partial charge on any atom is -0.378 e. The molecule has 0 bridgehead atoms. The van der Waals surface area contributed by atoms with Crippen LogP contribution in [-0.2, 0) is 10.9 Å². The van der Waals surface area contributed by atoms with Crippen LogP contribution in [0.5, 0.6) is 0 Å². The maximum atomic E-state index is 13.2. The summed E-state index contributed by atoms with van der Waals surface area (Å²) in [6.45, 7) is 3.95. The van der Waals surface area contributed by atoms with E-state index in [0.29, 0.717) is 37.6 Å². The van der Waals surface area contributed by atoms with Crippen LogP contribution in [-0.4, -0.2) is 37.3 Å². The lowest BCUT2D eigenvalue weighted by atomic mass is 10.1. The van der Waals surface area contributed by atoms with Crippen LogP contribution >= 0.6 is 12.2 Å². The number of nitrogens with zero attached hydrogens (tertiary/aromatic N) is 1. The second-order valence-corrected chi connectivity index (χ2v) is 7.01. The lowest BCUT2D eigenvalue weighted by Crippen LogP contribution is -2.38. The Kier molecular flexibility index (Phi) is 6.39. The maximum absolute atomic E-state index is 13.2. The second kappa shape index (κ2) is 8.79. The van der Waals surface area contributed by atoms with E-state index in [9.17, 15) is 18.0 Å². The lowest BCUT2D eigenvalue weighted by molar-refractivity contribution is -0.137. The van der Waals surface area contributed by atoms with Gasteiger partial charge in [0.1, 0.15) is 0 Å². The minimum absolute atomic E-state index is 0.0793. The van der Waals surface area contributed by atoms with E-state index in [1.165, 1.54) is 6.07 Å². The number of thiocarbonyl (C=S) groups is 1. The van der Waals surface area contributed by atoms with E-state index >= 15 is 0 Å². The third kappa shape index (κ3) is 5.45. The maximum Gasteiger partial charge on any atom is 0.416 e. The molecule has 0 unspecified atom stereocenters. The van der Waals surface area contributed by atoms with Crippen molar-refractivity contribution in [3.8, 4) is 0 Å². The third-order valence-electron chi connectivity index (χ3n) is 4.46. The van der Waals surface area contributed by atoms with Gasteiger partial charge in [-0.15, -0.1) is 0 Å². The predicted octanol–water partition coefficient (Wildman–Crippen LogP) is 3.98. The van der Waals surface area contributed by atoms with Crippen molar-refractivity contribution in [2.24, 2.45) is 0 Å². The smallest absolute Gasteiger partial charge is 0.378 e. The van der Waals surface area contributed by atoms with Crippen LogP contribution < -0.4 is 15.5 Å². The van der Waals surface area contributed by atoms with Gasteiger partial charge in [0.15, 0.2) is 5.11 Å². The molecule has 0 radical (unpaired) electrons. The summed E-state index contributed by atoms with van der Waals surface area (Å²) in [4.78, 5) is 14.2. The first kappa shape index (κ1) is 21.1. The number of ether oxygens (including phenoxy) is 1. The zero-order chi connectivity index (χ0) is 21.0. The molecule has 5 nitrogen and oxygen atoms in total. The second-order valence-electron chi connectivity index (χ2n) is 6.60. The van der Waals surface area contributed by atoms with Gasteiger partial charge in [-0.1, -0.05) is 17.7 Å². The SMILES string of the molecule is Cc1ccc(C(=O)NC(=S)Nc2cc(C(F)(F)F)ccc2N2CCOCC2)cc1. The Bertz CT molecular complexity index is 895. The molecular weight excluding hydrogens is 403 g/mol. The molecule has 9 heteroatoms. The zero-order valence-electron chi connectivity index (χ0n) is 15.7. The van der Waals surface area contributed by atoms with E-state index in [-0.39, 0.29) is 10.8 Å². The van der Waals surface area contributed by atoms with E-state index in [2.05, 4.69) is 10.6 Å². The Hall–Kier alpha value is -2.65. The summed E-state index contributed by atoms with van der Waals surface area (Å²) in [5.41, 5.74) is 1.34. The molecule has 1 amide bonds. The number of nitrogens with one attached hydrogen (secondary N) is 2. The minimum atomic E-state index is -4.49. The van der Waals surface area contributed by atoms with E-state index in [0.717, 1.165) is 17.7 Å². The number of carbonyl (C=O) groups excluding carboxylic acids is 1. The molecule has 1 aliphatic heterocycles. The highest BCUT2D eigenvalue weighted by Crippen LogP contribution is 2.35. The van der Waals surface area contributed by atoms with Gasteiger partial charge in [0.2, 0.25) is 0 Å². The normalized spacial score (nSPS) is 14.4. The quantitative estimate of drug-likeness (QED) is 0.732. The Morgan fingerprint density at radius 2 is 1.76 bits per heavy atom. The molecule has 0 aliphatic carbocycles. The van der Waals surface area contributed by atoms with Gasteiger partial charge >= 0.3 is 6.18 Å². The number of aryl methyl sites for hydroxylation is 1.